The number of aromatic nitrogens is 2. The quantitative estimate of drug-likeness (QED) is 0.578. The lowest BCUT2D eigenvalue weighted by molar-refractivity contribution is 0.440. The summed E-state index contributed by atoms with van der Waals surface area (Å²) in [6, 6.07) is 0.201. The molecule has 1 rings (SSSR count). The van der Waals surface area contributed by atoms with Gasteiger partial charge in [-0.15, -0.1) is 5.10 Å². The highest BCUT2D eigenvalue weighted by molar-refractivity contribution is 7.05. The van der Waals surface area contributed by atoms with E-state index in [1.807, 2.05) is 0 Å². The van der Waals surface area contributed by atoms with E-state index >= 15 is 0 Å². The maximum Gasteiger partial charge on any atom is 0.0804 e. The SMILES string of the molecule is CCCc1nnsc1C(CC(C)C)NN. The Balaban J connectivity index is 2.76. The number of hydrogen-bond acceptors (Lipinski definition) is 5. The van der Waals surface area contributed by atoms with Crippen LogP contribution >= 0.6 is 11.5 Å². The van der Waals surface area contributed by atoms with Gasteiger partial charge < -0.3 is 0 Å². The first-order valence-corrected chi connectivity index (χ1v) is 6.23. The molecule has 1 atom stereocenters. The molecule has 0 amide bonds. The number of rotatable bonds is 6. The fraction of sp³-hybridized carbons (Fsp3) is 0.800. The molecule has 0 saturated heterocycles. The van der Waals surface area contributed by atoms with Gasteiger partial charge in [-0.1, -0.05) is 31.7 Å². The van der Waals surface area contributed by atoms with Crippen LogP contribution in [-0.2, 0) is 6.42 Å². The smallest absolute Gasteiger partial charge is 0.0804 e. The van der Waals surface area contributed by atoms with E-state index in [9.17, 15) is 0 Å². The molecule has 3 N–H and O–H groups in total. The lowest BCUT2D eigenvalue weighted by Crippen LogP contribution is -2.29. The maximum absolute atomic E-state index is 5.58. The van der Waals surface area contributed by atoms with Crippen LogP contribution in [0.15, 0.2) is 0 Å². The molecule has 4 nitrogen and oxygen atoms in total. The summed E-state index contributed by atoms with van der Waals surface area (Å²) in [4.78, 5) is 1.20. The van der Waals surface area contributed by atoms with Crippen LogP contribution in [0.5, 0.6) is 0 Å². The molecule has 15 heavy (non-hydrogen) atoms. The van der Waals surface area contributed by atoms with E-state index in [0.717, 1.165) is 25.0 Å². The number of aryl methyl sites for hydroxylation is 1. The monoisotopic (exact) mass is 228 g/mol. The van der Waals surface area contributed by atoms with Crippen molar-refractivity contribution in [1.29, 1.82) is 0 Å². The molecular weight excluding hydrogens is 208 g/mol. The molecule has 1 heterocycles. The second-order valence-electron chi connectivity index (χ2n) is 4.18. The van der Waals surface area contributed by atoms with Crippen LogP contribution in [0.1, 0.15) is 50.2 Å². The van der Waals surface area contributed by atoms with Crippen molar-refractivity contribution in [3.05, 3.63) is 10.6 Å². The van der Waals surface area contributed by atoms with Gasteiger partial charge in [0.2, 0.25) is 0 Å². The first kappa shape index (κ1) is 12.5. The summed E-state index contributed by atoms with van der Waals surface area (Å²) in [5.74, 6) is 6.19. The molecule has 5 heteroatoms. The van der Waals surface area contributed by atoms with Gasteiger partial charge >= 0.3 is 0 Å². The predicted molar refractivity (Wildman–Crippen MR) is 63.4 cm³/mol. The number of hydrazine groups is 1. The molecule has 0 aliphatic heterocycles. The van der Waals surface area contributed by atoms with Crippen molar-refractivity contribution in [3.63, 3.8) is 0 Å². The second-order valence-corrected chi connectivity index (χ2v) is 4.97. The fourth-order valence-corrected chi connectivity index (χ4v) is 2.38. The van der Waals surface area contributed by atoms with Crippen LogP contribution in [0.25, 0.3) is 0 Å². The average molecular weight is 228 g/mol. The molecule has 0 aromatic carbocycles. The van der Waals surface area contributed by atoms with E-state index in [4.69, 9.17) is 5.84 Å². The molecule has 1 aromatic heterocycles. The van der Waals surface area contributed by atoms with Gasteiger partial charge in [0.05, 0.1) is 16.6 Å². The van der Waals surface area contributed by atoms with Gasteiger partial charge in [0.1, 0.15) is 0 Å². The molecule has 0 aliphatic carbocycles. The summed E-state index contributed by atoms with van der Waals surface area (Å²) >= 11 is 1.46. The fourth-order valence-electron chi connectivity index (χ4n) is 1.61. The van der Waals surface area contributed by atoms with Gasteiger partial charge in [0, 0.05) is 0 Å². The van der Waals surface area contributed by atoms with Gasteiger partial charge in [-0.05, 0) is 30.3 Å². The maximum atomic E-state index is 5.58. The van der Waals surface area contributed by atoms with Gasteiger partial charge in [0.25, 0.3) is 0 Å². The van der Waals surface area contributed by atoms with Gasteiger partial charge in [0.15, 0.2) is 0 Å². The highest BCUT2D eigenvalue weighted by atomic mass is 32.1. The van der Waals surface area contributed by atoms with E-state index in [0.29, 0.717) is 5.92 Å². The van der Waals surface area contributed by atoms with Crippen LogP contribution < -0.4 is 11.3 Å². The van der Waals surface area contributed by atoms with Crippen molar-refractivity contribution in [2.75, 3.05) is 0 Å². The summed E-state index contributed by atoms with van der Waals surface area (Å²) < 4.78 is 4.01. The molecular formula is C10H20N4S. The standard InChI is InChI=1S/C10H20N4S/c1-4-5-8-10(15-14-13-8)9(12-11)6-7(2)3/h7,9,12H,4-6,11H2,1-3H3. The van der Waals surface area contributed by atoms with Crippen LogP contribution in [0.4, 0.5) is 0 Å². The van der Waals surface area contributed by atoms with E-state index in [2.05, 4.69) is 35.8 Å². The third-order valence-electron chi connectivity index (χ3n) is 2.30. The van der Waals surface area contributed by atoms with E-state index in [1.54, 1.807) is 0 Å². The van der Waals surface area contributed by atoms with Gasteiger partial charge in [-0.2, -0.15) is 0 Å². The molecule has 1 unspecified atom stereocenters. The Hall–Kier alpha value is -0.520. The van der Waals surface area contributed by atoms with Crippen molar-refractivity contribution >= 4 is 11.5 Å². The van der Waals surface area contributed by atoms with E-state index in [1.165, 1.54) is 16.4 Å². The highest BCUT2D eigenvalue weighted by Crippen LogP contribution is 2.26. The van der Waals surface area contributed by atoms with E-state index < -0.39 is 0 Å². The number of nitrogens with two attached hydrogens (primary N) is 1. The molecule has 0 bridgehead atoms. The van der Waals surface area contributed by atoms with Crippen molar-refractivity contribution in [2.24, 2.45) is 11.8 Å². The molecule has 0 spiro atoms. The van der Waals surface area contributed by atoms with Crippen molar-refractivity contribution < 1.29 is 0 Å². The zero-order chi connectivity index (χ0) is 11.3. The normalized spacial score (nSPS) is 13.4. The van der Waals surface area contributed by atoms with Crippen LogP contribution in [0.3, 0.4) is 0 Å². The molecule has 0 radical (unpaired) electrons. The van der Waals surface area contributed by atoms with Gasteiger partial charge in [-0.3, -0.25) is 11.3 Å². The Morgan fingerprint density at radius 1 is 1.47 bits per heavy atom. The lowest BCUT2D eigenvalue weighted by Gasteiger charge is -2.16. The summed E-state index contributed by atoms with van der Waals surface area (Å²) in [6.45, 7) is 6.53. The van der Waals surface area contributed by atoms with E-state index in [-0.39, 0.29) is 6.04 Å². The Bertz CT molecular complexity index is 285. The largest absolute Gasteiger partial charge is 0.271 e. The topological polar surface area (TPSA) is 63.8 Å². The number of nitrogens with one attached hydrogen (secondary N) is 1. The molecule has 1 aromatic rings. The zero-order valence-electron chi connectivity index (χ0n) is 9.66. The highest BCUT2D eigenvalue weighted by Gasteiger charge is 2.18. The minimum absolute atomic E-state index is 0.201. The molecule has 0 fully saturated rings. The first-order valence-electron chi connectivity index (χ1n) is 5.46. The Morgan fingerprint density at radius 3 is 2.73 bits per heavy atom. The van der Waals surface area contributed by atoms with Crippen LogP contribution in [0, 0.1) is 5.92 Å². The van der Waals surface area contributed by atoms with Gasteiger partial charge in [-0.25, -0.2) is 0 Å². The lowest BCUT2D eigenvalue weighted by atomic mass is 10.0. The summed E-state index contributed by atoms with van der Waals surface area (Å²) in [5, 5.41) is 4.16. The summed E-state index contributed by atoms with van der Waals surface area (Å²) in [6.07, 6.45) is 3.11. The zero-order valence-corrected chi connectivity index (χ0v) is 10.5. The van der Waals surface area contributed by atoms with Crippen molar-refractivity contribution in [3.8, 4) is 0 Å². The number of hydrogen-bond donors (Lipinski definition) is 2. The van der Waals surface area contributed by atoms with Crippen LogP contribution in [-0.4, -0.2) is 9.59 Å². The van der Waals surface area contributed by atoms with Crippen LogP contribution in [0.2, 0.25) is 0 Å². The van der Waals surface area contributed by atoms with Crippen molar-refractivity contribution in [1.82, 2.24) is 15.0 Å². The minimum atomic E-state index is 0.201. The Labute approximate surface area is 95.4 Å². The second kappa shape index (κ2) is 6.15. The third kappa shape index (κ3) is 3.52. The third-order valence-corrected chi connectivity index (χ3v) is 3.18. The predicted octanol–water partition coefficient (Wildman–Crippen LogP) is 2.04. The average Bonchev–Trinajstić information content (AvgIpc) is 2.63. The summed E-state index contributed by atoms with van der Waals surface area (Å²) in [7, 11) is 0. The minimum Gasteiger partial charge on any atom is -0.271 e. The molecule has 86 valence electrons. The first-order chi connectivity index (χ1) is 7.19. The Morgan fingerprint density at radius 2 is 2.20 bits per heavy atom. The molecule has 0 aliphatic rings. The Kier molecular flexibility index (Phi) is 5.14. The van der Waals surface area contributed by atoms with Crippen molar-refractivity contribution in [2.45, 2.75) is 46.1 Å². The molecule has 0 saturated carbocycles. The summed E-state index contributed by atoms with van der Waals surface area (Å²) in [5.41, 5.74) is 3.97. The number of nitrogens with zero attached hydrogens (tertiary/aromatic N) is 2.